The topological polar surface area (TPSA) is 38.0 Å². The maximum Gasteiger partial charge on any atom is 0.123 e. The van der Waals surface area contributed by atoms with Gasteiger partial charge in [-0.05, 0) is 54.3 Å². The van der Waals surface area contributed by atoms with Gasteiger partial charge in [-0.15, -0.1) is 0 Å². The summed E-state index contributed by atoms with van der Waals surface area (Å²) in [7, 11) is 0. The fraction of sp³-hybridized carbons (Fsp3) is 0.200. The zero-order chi connectivity index (χ0) is 14.7. The van der Waals surface area contributed by atoms with Crippen LogP contribution >= 0.6 is 27.5 Å². The molecule has 106 valence electrons. The maximum absolute atomic E-state index is 13.1. The summed E-state index contributed by atoms with van der Waals surface area (Å²) < 4.78 is 14.0. The minimum Gasteiger partial charge on any atom is -0.271 e. The van der Waals surface area contributed by atoms with E-state index in [0.29, 0.717) is 11.4 Å². The molecule has 2 nitrogen and oxygen atoms in total. The molecule has 1 unspecified atom stereocenters. The monoisotopic (exact) mass is 356 g/mol. The van der Waals surface area contributed by atoms with Gasteiger partial charge < -0.3 is 0 Å². The van der Waals surface area contributed by atoms with Crippen LogP contribution in [-0.4, -0.2) is 0 Å². The van der Waals surface area contributed by atoms with E-state index in [1.165, 1.54) is 12.1 Å². The molecule has 0 bridgehead atoms. The lowest BCUT2D eigenvalue weighted by Crippen LogP contribution is -2.30. The van der Waals surface area contributed by atoms with Gasteiger partial charge >= 0.3 is 0 Å². The van der Waals surface area contributed by atoms with E-state index in [2.05, 4.69) is 21.4 Å². The molecule has 0 radical (unpaired) electrons. The molecule has 0 spiro atoms. The first-order chi connectivity index (χ1) is 9.51. The molecule has 0 fully saturated rings. The number of nitrogens with two attached hydrogens (primary N) is 1. The molecule has 2 aromatic rings. The van der Waals surface area contributed by atoms with Gasteiger partial charge in [0.1, 0.15) is 5.82 Å². The molecule has 0 aliphatic rings. The second-order valence-corrected chi connectivity index (χ2v) is 5.95. The molecule has 0 saturated carbocycles. The summed E-state index contributed by atoms with van der Waals surface area (Å²) in [6.07, 6.45) is 0.669. The molecule has 0 aliphatic heterocycles. The lowest BCUT2D eigenvalue weighted by atomic mass is 9.96. The first-order valence-corrected chi connectivity index (χ1v) is 7.34. The Morgan fingerprint density at radius 2 is 2.05 bits per heavy atom. The van der Waals surface area contributed by atoms with E-state index in [1.807, 2.05) is 25.1 Å². The van der Waals surface area contributed by atoms with Crippen LogP contribution < -0.4 is 11.3 Å². The average molecular weight is 358 g/mol. The number of hydrazine groups is 1. The van der Waals surface area contributed by atoms with Crippen molar-refractivity contribution in [3.05, 3.63) is 68.4 Å². The molecule has 2 aromatic carbocycles. The third-order valence-electron chi connectivity index (χ3n) is 3.27. The molecule has 0 aliphatic carbocycles. The van der Waals surface area contributed by atoms with E-state index in [9.17, 15) is 4.39 Å². The van der Waals surface area contributed by atoms with E-state index in [-0.39, 0.29) is 11.9 Å². The second-order valence-electron chi connectivity index (χ2n) is 4.66. The highest BCUT2D eigenvalue weighted by Gasteiger charge is 2.15. The molecule has 3 N–H and O–H groups in total. The minimum atomic E-state index is -0.226. The Morgan fingerprint density at radius 3 is 2.65 bits per heavy atom. The van der Waals surface area contributed by atoms with Crippen molar-refractivity contribution in [1.29, 1.82) is 0 Å². The first kappa shape index (κ1) is 15.4. The van der Waals surface area contributed by atoms with Crippen LogP contribution in [0.15, 0.2) is 40.9 Å². The van der Waals surface area contributed by atoms with Gasteiger partial charge in [0, 0.05) is 9.50 Å². The van der Waals surface area contributed by atoms with Crippen molar-refractivity contribution in [2.24, 2.45) is 5.84 Å². The highest BCUT2D eigenvalue weighted by Crippen LogP contribution is 2.29. The van der Waals surface area contributed by atoms with Gasteiger partial charge in [0.2, 0.25) is 0 Å². The molecule has 0 aromatic heterocycles. The zero-order valence-electron chi connectivity index (χ0n) is 11.0. The van der Waals surface area contributed by atoms with Crippen LogP contribution in [0.4, 0.5) is 4.39 Å². The Morgan fingerprint density at radius 1 is 1.30 bits per heavy atom. The van der Waals surface area contributed by atoms with Crippen molar-refractivity contribution in [2.75, 3.05) is 0 Å². The lowest BCUT2D eigenvalue weighted by Gasteiger charge is -2.19. The standard InChI is InChI=1S/C15H15BrClFN2/c1-9-6-12(18)4-2-10(9)7-15(20-19)13-5-3-11(17)8-14(13)16/h2-6,8,15,20H,7,19H2,1H3. The van der Waals surface area contributed by atoms with Crippen molar-refractivity contribution >= 4 is 27.5 Å². The predicted molar refractivity (Wildman–Crippen MR) is 84.1 cm³/mol. The molecule has 1 atom stereocenters. The predicted octanol–water partition coefficient (Wildman–Crippen LogP) is 4.30. The zero-order valence-corrected chi connectivity index (χ0v) is 13.3. The van der Waals surface area contributed by atoms with Crippen LogP contribution in [0, 0.1) is 12.7 Å². The molecular weight excluding hydrogens is 343 g/mol. The van der Waals surface area contributed by atoms with Crippen molar-refractivity contribution in [3.63, 3.8) is 0 Å². The number of rotatable bonds is 4. The van der Waals surface area contributed by atoms with Gasteiger partial charge in [-0.25, -0.2) is 4.39 Å². The third-order valence-corrected chi connectivity index (χ3v) is 4.19. The number of hydrogen-bond acceptors (Lipinski definition) is 2. The van der Waals surface area contributed by atoms with Crippen molar-refractivity contribution in [1.82, 2.24) is 5.43 Å². The number of benzene rings is 2. The summed E-state index contributed by atoms with van der Waals surface area (Å²) in [6.45, 7) is 1.89. The minimum absolute atomic E-state index is 0.0780. The van der Waals surface area contributed by atoms with Crippen LogP contribution in [0.1, 0.15) is 22.7 Å². The van der Waals surface area contributed by atoms with Crippen LogP contribution in [0.5, 0.6) is 0 Å². The lowest BCUT2D eigenvalue weighted by molar-refractivity contribution is 0.547. The first-order valence-electron chi connectivity index (χ1n) is 6.17. The van der Waals surface area contributed by atoms with Gasteiger partial charge in [-0.1, -0.05) is 39.7 Å². The van der Waals surface area contributed by atoms with E-state index in [0.717, 1.165) is 21.2 Å². The number of nitrogens with one attached hydrogen (secondary N) is 1. The molecule has 2 rings (SSSR count). The molecule has 5 heteroatoms. The molecule has 0 heterocycles. The summed E-state index contributed by atoms with van der Waals surface area (Å²) in [5, 5.41) is 0.661. The SMILES string of the molecule is Cc1cc(F)ccc1CC(NN)c1ccc(Cl)cc1Br. The smallest absolute Gasteiger partial charge is 0.123 e. The Bertz CT molecular complexity index is 619. The Hall–Kier alpha value is -0.940. The fourth-order valence-corrected chi connectivity index (χ4v) is 3.11. The second kappa shape index (κ2) is 6.68. The third kappa shape index (κ3) is 3.58. The fourth-order valence-electron chi connectivity index (χ4n) is 2.15. The number of aryl methyl sites for hydroxylation is 1. The summed E-state index contributed by atoms with van der Waals surface area (Å²) in [5.74, 6) is 5.44. The summed E-state index contributed by atoms with van der Waals surface area (Å²) >= 11 is 9.44. The molecule has 20 heavy (non-hydrogen) atoms. The van der Waals surface area contributed by atoms with Crippen LogP contribution in [-0.2, 0) is 6.42 Å². The van der Waals surface area contributed by atoms with Crippen molar-refractivity contribution in [3.8, 4) is 0 Å². The van der Waals surface area contributed by atoms with Gasteiger partial charge in [0.25, 0.3) is 0 Å². The Labute approximate surface area is 131 Å². The van der Waals surface area contributed by atoms with E-state index in [1.54, 1.807) is 6.07 Å². The molecular formula is C15H15BrClFN2. The summed E-state index contributed by atoms with van der Waals surface area (Å²) in [5.41, 5.74) is 5.78. The maximum atomic E-state index is 13.1. The van der Waals surface area contributed by atoms with Gasteiger partial charge in [-0.2, -0.15) is 0 Å². The number of halogens is 3. The number of hydrogen-bond donors (Lipinski definition) is 2. The van der Waals surface area contributed by atoms with Gasteiger partial charge in [0.15, 0.2) is 0 Å². The van der Waals surface area contributed by atoms with Crippen LogP contribution in [0.3, 0.4) is 0 Å². The van der Waals surface area contributed by atoms with Crippen molar-refractivity contribution in [2.45, 2.75) is 19.4 Å². The van der Waals surface area contributed by atoms with E-state index in [4.69, 9.17) is 17.4 Å². The summed E-state index contributed by atoms with van der Waals surface area (Å²) in [6, 6.07) is 10.3. The average Bonchev–Trinajstić information content (AvgIpc) is 2.39. The van der Waals surface area contributed by atoms with Crippen LogP contribution in [0.2, 0.25) is 5.02 Å². The highest BCUT2D eigenvalue weighted by molar-refractivity contribution is 9.10. The largest absolute Gasteiger partial charge is 0.271 e. The van der Waals surface area contributed by atoms with Gasteiger partial charge in [-0.3, -0.25) is 11.3 Å². The highest BCUT2D eigenvalue weighted by atomic mass is 79.9. The van der Waals surface area contributed by atoms with Crippen molar-refractivity contribution < 1.29 is 4.39 Å². The molecule has 0 saturated heterocycles. The van der Waals surface area contributed by atoms with E-state index < -0.39 is 0 Å². The Kier molecular flexibility index (Phi) is 5.16. The Balaban J connectivity index is 2.28. The quantitative estimate of drug-likeness (QED) is 0.632. The van der Waals surface area contributed by atoms with Gasteiger partial charge in [0.05, 0.1) is 6.04 Å². The summed E-state index contributed by atoms with van der Waals surface area (Å²) in [4.78, 5) is 0. The van der Waals surface area contributed by atoms with E-state index >= 15 is 0 Å². The molecule has 0 amide bonds. The van der Waals surface area contributed by atoms with Crippen LogP contribution in [0.25, 0.3) is 0 Å². The normalized spacial score (nSPS) is 12.4.